The summed E-state index contributed by atoms with van der Waals surface area (Å²) in [5.74, 6) is 0.478. The van der Waals surface area contributed by atoms with Gasteiger partial charge in [0.25, 0.3) is 0 Å². The van der Waals surface area contributed by atoms with Crippen molar-refractivity contribution in [2.45, 2.75) is 24.8 Å². The van der Waals surface area contributed by atoms with E-state index in [1.807, 2.05) is 13.8 Å². The molecule has 90 valence electrons. The van der Waals surface area contributed by atoms with Crippen LogP contribution < -0.4 is 10.0 Å². The second-order valence-corrected chi connectivity index (χ2v) is 5.80. The molecule has 0 unspecified atom stereocenters. The molecule has 0 amide bonds. The topological polar surface area (TPSA) is 71.1 Å². The monoisotopic (exact) mass is 263 g/mol. The highest BCUT2D eigenvalue weighted by Gasteiger charge is 2.14. The molecule has 0 aliphatic heterocycles. The number of pyridine rings is 1. The van der Waals surface area contributed by atoms with Crippen LogP contribution in [-0.2, 0) is 10.0 Å². The van der Waals surface area contributed by atoms with Crippen LogP contribution in [0.4, 0.5) is 5.82 Å². The maximum atomic E-state index is 11.5. The first-order valence-electron chi connectivity index (χ1n) is 4.72. The van der Waals surface area contributed by atoms with Crippen molar-refractivity contribution in [2.75, 3.05) is 12.4 Å². The van der Waals surface area contributed by atoms with Gasteiger partial charge in [0.1, 0.15) is 10.7 Å². The second kappa shape index (κ2) is 4.99. The Kier molecular flexibility index (Phi) is 4.12. The van der Waals surface area contributed by atoms with Gasteiger partial charge in [-0.2, -0.15) is 0 Å². The van der Waals surface area contributed by atoms with Crippen molar-refractivity contribution >= 4 is 27.4 Å². The fourth-order valence-corrected chi connectivity index (χ4v) is 2.05. The highest BCUT2D eigenvalue weighted by molar-refractivity contribution is 7.89. The largest absolute Gasteiger partial charge is 0.367 e. The van der Waals surface area contributed by atoms with E-state index < -0.39 is 10.0 Å². The van der Waals surface area contributed by atoms with E-state index >= 15 is 0 Å². The molecule has 0 saturated heterocycles. The average molecular weight is 264 g/mol. The van der Waals surface area contributed by atoms with Crippen LogP contribution >= 0.6 is 11.6 Å². The lowest BCUT2D eigenvalue weighted by molar-refractivity contribution is 0.588. The molecule has 0 atom stereocenters. The van der Waals surface area contributed by atoms with Crippen LogP contribution in [-0.4, -0.2) is 26.5 Å². The van der Waals surface area contributed by atoms with Crippen molar-refractivity contribution in [3.63, 3.8) is 0 Å². The minimum atomic E-state index is -3.49. The molecule has 2 N–H and O–H groups in total. The predicted octanol–water partition coefficient (Wildman–Crippen LogP) is 1.46. The summed E-state index contributed by atoms with van der Waals surface area (Å²) in [6.45, 7) is 3.88. The highest BCUT2D eigenvalue weighted by atomic mass is 35.5. The van der Waals surface area contributed by atoms with Crippen LogP contribution in [0.2, 0.25) is 5.02 Å². The zero-order valence-electron chi connectivity index (χ0n) is 9.28. The maximum Gasteiger partial charge on any atom is 0.241 e. The van der Waals surface area contributed by atoms with Gasteiger partial charge in [0, 0.05) is 12.2 Å². The van der Waals surface area contributed by atoms with E-state index in [-0.39, 0.29) is 16.0 Å². The third-order valence-electron chi connectivity index (χ3n) is 1.82. The number of nitrogens with zero attached hydrogens (tertiary/aromatic N) is 1. The lowest BCUT2D eigenvalue weighted by atomic mass is 10.4. The normalized spacial score (nSPS) is 11.8. The molecular weight excluding hydrogens is 250 g/mol. The van der Waals surface area contributed by atoms with Crippen molar-refractivity contribution in [2.24, 2.45) is 0 Å². The van der Waals surface area contributed by atoms with E-state index in [4.69, 9.17) is 11.6 Å². The molecule has 7 heteroatoms. The van der Waals surface area contributed by atoms with E-state index in [0.717, 1.165) is 0 Å². The molecule has 16 heavy (non-hydrogen) atoms. The molecule has 0 saturated carbocycles. The van der Waals surface area contributed by atoms with Crippen LogP contribution in [0, 0.1) is 0 Å². The minimum Gasteiger partial charge on any atom is -0.367 e. The standard InChI is InChI=1S/C9H14ClN3O2S/c1-6(2)13-9-8(10)4-7(5-12-9)16(14,15)11-3/h4-6,11H,1-3H3,(H,12,13). The van der Waals surface area contributed by atoms with E-state index in [9.17, 15) is 8.42 Å². The number of hydrogen-bond acceptors (Lipinski definition) is 4. The van der Waals surface area contributed by atoms with Crippen LogP contribution in [0.25, 0.3) is 0 Å². The van der Waals surface area contributed by atoms with Crippen LogP contribution in [0.15, 0.2) is 17.2 Å². The number of rotatable bonds is 4. The Morgan fingerprint density at radius 3 is 2.50 bits per heavy atom. The SMILES string of the molecule is CNS(=O)(=O)c1cnc(NC(C)C)c(Cl)c1. The summed E-state index contributed by atoms with van der Waals surface area (Å²) in [5, 5.41) is 3.29. The fourth-order valence-electron chi connectivity index (χ4n) is 1.06. The Balaban J connectivity index is 3.09. The molecule has 0 fully saturated rings. The molecule has 1 heterocycles. The van der Waals surface area contributed by atoms with Gasteiger partial charge in [-0.15, -0.1) is 0 Å². The van der Waals surface area contributed by atoms with E-state index in [1.54, 1.807) is 0 Å². The average Bonchev–Trinajstić information content (AvgIpc) is 2.20. The Hall–Kier alpha value is -0.850. The van der Waals surface area contributed by atoms with Gasteiger partial charge in [0.2, 0.25) is 10.0 Å². The summed E-state index contributed by atoms with van der Waals surface area (Å²) in [4.78, 5) is 4.02. The summed E-state index contributed by atoms with van der Waals surface area (Å²) >= 11 is 5.92. The highest BCUT2D eigenvalue weighted by Crippen LogP contribution is 2.22. The summed E-state index contributed by atoms with van der Waals surface area (Å²) in [7, 11) is -2.15. The number of anilines is 1. The van der Waals surface area contributed by atoms with Crippen LogP contribution in [0.1, 0.15) is 13.8 Å². The number of halogens is 1. The van der Waals surface area contributed by atoms with E-state index in [0.29, 0.717) is 5.82 Å². The zero-order chi connectivity index (χ0) is 12.3. The van der Waals surface area contributed by atoms with Crippen LogP contribution in [0.5, 0.6) is 0 Å². The Morgan fingerprint density at radius 1 is 1.44 bits per heavy atom. The van der Waals surface area contributed by atoms with Crippen molar-refractivity contribution in [1.82, 2.24) is 9.71 Å². The third kappa shape index (κ3) is 3.07. The molecule has 1 aromatic rings. The van der Waals surface area contributed by atoms with Gasteiger partial charge in [0.05, 0.1) is 5.02 Å². The number of sulfonamides is 1. The quantitative estimate of drug-likeness (QED) is 0.863. The molecule has 0 bridgehead atoms. The van der Waals surface area contributed by atoms with Gasteiger partial charge in [-0.1, -0.05) is 11.6 Å². The van der Waals surface area contributed by atoms with Crippen molar-refractivity contribution < 1.29 is 8.42 Å². The molecule has 5 nitrogen and oxygen atoms in total. The lowest BCUT2D eigenvalue weighted by Gasteiger charge is -2.11. The molecular formula is C9H14ClN3O2S. The number of nitrogens with one attached hydrogen (secondary N) is 2. The summed E-state index contributed by atoms with van der Waals surface area (Å²) in [6, 6.07) is 1.54. The van der Waals surface area contributed by atoms with Crippen LogP contribution in [0.3, 0.4) is 0 Å². The van der Waals surface area contributed by atoms with Crippen molar-refractivity contribution in [3.8, 4) is 0 Å². The summed E-state index contributed by atoms with van der Waals surface area (Å²) in [6.07, 6.45) is 1.27. The molecule has 0 aliphatic carbocycles. The van der Waals surface area contributed by atoms with Gasteiger partial charge < -0.3 is 5.32 Å². The van der Waals surface area contributed by atoms with Gasteiger partial charge in [-0.25, -0.2) is 18.1 Å². The maximum absolute atomic E-state index is 11.5. The first-order valence-corrected chi connectivity index (χ1v) is 6.58. The Bertz CT molecular complexity index is 474. The van der Waals surface area contributed by atoms with Crippen molar-refractivity contribution in [3.05, 3.63) is 17.3 Å². The summed E-state index contributed by atoms with van der Waals surface area (Å²) < 4.78 is 25.1. The lowest BCUT2D eigenvalue weighted by Crippen LogP contribution is -2.19. The Morgan fingerprint density at radius 2 is 2.06 bits per heavy atom. The minimum absolute atomic E-state index is 0.0503. The van der Waals surface area contributed by atoms with Crippen molar-refractivity contribution in [1.29, 1.82) is 0 Å². The zero-order valence-corrected chi connectivity index (χ0v) is 10.9. The number of aromatic nitrogens is 1. The van der Waals surface area contributed by atoms with Gasteiger partial charge in [-0.05, 0) is 27.0 Å². The molecule has 1 aromatic heterocycles. The third-order valence-corrected chi connectivity index (χ3v) is 3.49. The number of hydrogen-bond donors (Lipinski definition) is 2. The van der Waals surface area contributed by atoms with Gasteiger partial charge in [-0.3, -0.25) is 0 Å². The molecule has 0 aromatic carbocycles. The summed E-state index contributed by atoms with van der Waals surface area (Å²) in [5.41, 5.74) is 0. The second-order valence-electron chi connectivity index (χ2n) is 3.51. The predicted molar refractivity (Wildman–Crippen MR) is 64.3 cm³/mol. The van der Waals surface area contributed by atoms with Gasteiger partial charge in [0.15, 0.2) is 0 Å². The molecule has 0 spiro atoms. The molecule has 0 aliphatic rings. The smallest absolute Gasteiger partial charge is 0.241 e. The fraction of sp³-hybridized carbons (Fsp3) is 0.444. The van der Waals surface area contributed by atoms with E-state index in [1.165, 1.54) is 19.3 Å². The first kappa shape index (κ1) is 13.2. The van der Waals surface area contributed by atoms with E-state index in [2.05, 4.69) is 15.0 Å². The molecule has 0 radical (unpaired) electrons. The Labute approximate surface area is 100 Å². The molecule has 1 rings (SSSR count). The van der Waals surface area contributed by atoms with Gasteiger partial charge >= 0.3 is 0 Å². The first-order chi connectivity index (χ1) is 7.36.